The largest absolute Gasteiger partial charge is 0.396 e. The first-order valence-electron chi connectivity index (χ1n) is 7.19. The van der Waals surface area contributed by atoms with E-state index < -0.39 is 6.10 Å². The predicted octanol–water partition coefficient (Wildman–Crippen LogP) is 0.786. The van der Waals surface area contributed by atoms with Gasteiger partial charge < -0.3 is 25.0 Å². The van der Waals surface area contributed by atoms with Crippen LogP contribution in [0.4, 0.5) is 0 Å². The summed E-state index contributed by atoms with van der Waals surface area (Å²) in [5.41, 5.74) is 0. The van der Waals surface area contributed by atoms with E-state index in [1.165, 1.54) is 0 Å². The molecule has 0 radical (unpaired) electrons. The molecule has 0 rings (SSSR count). The van der Waals surface area contributed by atoms with E-state index in [9.17, 15) is 5.11 Å². The van der Waals surface area contributed by atoms with Crippen LogP contribution in [0.1, 0.15) is 34.1 Å². The fraction of sp³-hybridized carbons (Fsp3) is 1.00. The Morgan fingerprint density at radius 2 is 1.79 bits per heavy atom. The van der Waals surface area contributed by atoms with E-state index in [4.69, 9.17) is 14.6 Å². The predicted molar refractivity (Wildman–Crippen MR) is 76.2 cm³/mol. The first kappa shape index (κ1) is 18.8. The van der Waals surface area contributed by atoms with E-state index in [1.807, 2.05) is 13.8 Å². The molecule has 0 aromatic rings. The van der Waals surface area contributed by atoms with Crippen LogP contribution in [0, 0.1) is 5.92 Å². The zero-order valence-electron chi connectivity index (χ0n) is 12.8. The third kappa shape index (κ3) is 11.3. The van der Waals surface area contributed by atoms with Crippen LogP contribution < -0.4 is 5.32 Å². The normalized spacial score (nSPS) is 15.2. The molecular weight excluding hydrogens is 246 g/mol. The molecule has 2 atom stereocenters. The van der Waals surface area contributed by atoms with Crippen molar-refractivity contribution in [1.82, 2.24) is 5.32 Å². The van der Waals surface area contributed by atoms with Crippen molar-refractivity contribution in [2.45, 2.75) is 52.4 Å². The zero-order chi connectivity index (χ0) is 14.7. The van der Waals surface area contributed by atoms with Gasteiger partial charge in [-0.3, -0.25) is 0 Å². The second kappa shape index (κ2) is 11.6. The highest BCUT2D eigenvalue weighted by Crippen LogP contribution is 2.05. The number of aliphatic hydroxyl groups excluding tert-OH is 2. The molecule has 0 amide bonds. The third-order valence-electron chi connectivity index (χ3n) is 2.85. The van der Waals surface area contributed by atoms with Crippen molar-refractivity contribution in [3.8, 4) is 0 Å². The van der Waals surface area contributed by atoms with Crippen molar-refractivity contribution >= 4 is 0 Å². The van der Waals surface area contributed by atoms with Crippen molar-refractivity contribution in [3.05, 3.63) is 0 Å². The average Bonchev–Trinajstić information content (AvgIpc) is 2.33. The first-order valence-corrected chi connectivity index (χ1v) is 7.19. The summed E-state index contributed by atoms with van der Waals surface area (Å²) in [5.74, 6) is 0.430. The average molecular weight is 277 g/mol. The molecule has 0 heterocycles. The molecule has 0 saturated carbocycles. The van der Waals surface area contributed by atoms with Crippen LogP contribution in [0.25, 0.3) is 0 Å². The van der Waals surface area contributed by atoms with Crippen molar-refractivity contribution in [2.24, 2.45) is 5.92 Å². The molecule has 3 N–H and O–H groups in total. The van der Waals surface area contributed by atoms with Gasteiger partial charge in [0, 0.05) is 19.2 Å². The zero-order valence-corrected chi connectivity index (χ0v) is 12.8. The molecule has 0 fully saturated rings. The minimum Gasteiger partial charge on any atom is -0.396 e. The minimum atomic E-state index is -0.529. The van der Waals surface area contributed by atoms with Gasteiger partial charge in [-0.2, -0.15) is 0 Å². The Labute approximate surface area is 117 Å². The maximum atomic E-state index is 9.77. The molecule has 2 unspecified atom stereocenters. The SMILES string of the molecule is CC(C)OCCOCC(O)CNC(CCO)C(C)C. The van der Waals surface area contributed by atoms with Crippen molar-refractivity contribution in [3.63, 3.8) is 0 Å². The number of ether oxygens (including phenoxy) is 2. The maximum absolute atomic E-state index is 9.77. The van der Waals surface area contributed by atoms with Crippen molar-refractivity contribution in [2.75, 3.05) is 33.0 Å². The summed E-state index contributed by atoms with van der Waals surface area (Å²) >= 11 is 0. The highest BCUT2D eigenvalue weighted by Gasteiger charge is 2.14. The lowest BCUT2D eigenvalue weighted by molar-refractivity contribution is -0.0109. The van der Waals surface area contributed by atoms with Crippen LogP contribution >= 0.6 is 0 Å². The second-order valence-corrected chi connectivity index (χ2v) is 5.42. The minimum absolute atomic E-state index is 0.162. The van der Waals surface area contributed by atoms with Gasteiger partial charge in [0.05, 0.1) is 32.0 Å². The number of aliphatic hydroxyl groups is 2. The van der Waals surface area contributed by atoms with E-state index in [2.05, 4.69) is 19.2 Å². The fourth-order valence-electron chi connectivity index (χ4n) is 1.72. The Morgan fingerprint density at radius 1 is 1.11 bits per heavy atom. The molecule has 0 saturated heterocycles. The summed E-state index contributed by atoms with van der Waals surface area (Å²) in [5, 5.41) is 22.0. The molecule has 5 heteroatoms. The van der Waals surface area contributed by atoms with Crippen molar-refractivity contribution < 1.29 is 19.7 Å². The summed E-state index contributed by atoms with van der Waals surface area (Å²) in [6.45, 7) is 10.1. The smallest absolute Gasteiger partial charge is 0.0897 e. The van der Waals surface area contributed by atoms with E-state index in [-0.39, 0.29) is 18.8 Å². The molecule has 19 heavy (non-hydrogen) atoms. The standard InChI is InChI=1S/C14H31NO4/c1-11(2)14(5-6-16)15-9-13(17)10-18-7-8-19-12(3)4/h11-17H,5-10H2,1-4H3. The Kier molecular flexibility index (Phi) is 11.5. The van der Waals surface area contributed by atoms with E-state index in [1.54, 1.807) is 0 Å². The second-order valence-electron chi connectivity index (χ2n) is 5.42. The fourth-order valence-corrected chi connectivity index (χ4v) is 1.72. The van der Waals surface area contributed by atoms with Crippen LogP contribution in [0.3, 0.4) is 0 Å². The van der Waals surface area contributed by atoms with Crippen LogP contribution in [0.5, 0.6) is 0 Å². The van der Waals surface area contributed by atoms with Gasteiger partial charge in [0.2, 0.25) is 0 Å². The van der Waals surface area contributed by atoms with Crippen LogP contribution in [0.2, 0.25) is 0 Å². The molecular formula is C14H31NO4. The lowest BCUT2D eigenvalue weighted by Gasteiger charge is -2.23. The monoisotopic (exact) mass is 277 g/mol. The van der Waals surface area contributed by atoms with E-state index in [0.29, 0.717) is 38.7 Å². The van der Waals surface area contributed by atoms with Gasteiger partial charge in [-0.15, -0.1) is 0 Å². The Hall–Kier alpha value is -0.200. The molecule has 116 valence electrons. The van der Waals surface area contributed by atoms with Crippen molar-refractivity contribution in [1.29, 1.82) is 0 Å². The Morgan fingerprint density at radius 3 is 2.32 bits per heavy atom. The molecule has 0 aromatic carbocycles. The van der Waals surface area contributed by atoms with Gasteiger partial charge in [-0.25, -0.2) is 0 Å². The van der Waals surface area contributed by atoms with E-state index in [0.717, 1.165) is 0 Å². The quantitative estimate of drug-likeness (QED) is 0.460. The molecule has 0 spiro atoms. The number of nitrogens with one attached hydrogen (secondary N) is 1. The van der Waals surface area contributed by atoms with Gasteiger partial charge in [0.25, 0.3) is 0 Å². The summed E-state index contributed by atoms with van der Waals surface area (Å²) in [6.07, 6.45) is 0.382. The van der Waals surface area contributed by atoms with Crippen LogP contribution in [-0.2, 0) is 9.47 Å². The molecule has 0 aliphatic heterocycles. The van der Waals surface area contributed by atoms with Crippen LogP contribution in [-0.4, -0.2) is 61.4 Å². The lowest BCUT2D eigenvalue weighted by atomic mass is 10.0. The summed E-state index contributed by atoms with van der Waals surface area (Å²) in [6, 6.07) is 0.226. The van der Waals surface area contributed by atoms with E-state index >= 15 is 0 Å². The Balaban J connectivity index is 3.59. The van der Waals surface area contributed by atoms with Gasteiger partial charge in [-0.05, 0) is 26.2 Å². The number of rotatable bonds is 12. The number of hydrogen-bond donors (Lipinski definition) is 3. The summed E-state index contributed by atoms with van der Waals surface area (Å²) in [7, 11) is 0. The van der Waals surface area contributed by atoms with Crippen LogP contribution in [0.15, 0.2) is 0 Å². The Bertz CT molecular complexity index is 200. The van der Waals surface area contributed by atoms with Gasteiger partial charge in [-0.1, -0.05) is 13.8 Å². The van der Waals surface area contributed by atoms with Gasteiger partial charge in [0.15, 0.2) is 0 Å². The first-order chi connectivity index (χ1) is 8.97. The summed E-state index contributed by atoms with van der Waals surface area (Å²) in [4.78, 5) is 0. The summed E-state index contributed by atoms with van der Waals surface area (Å²) < 4.78 is 10.7. The van der Waals surface area contributed by atoms with Gasteiger partial charge in [0.1, 0.15) is 0 Å². The maximum Gasteiger partial charge on any atom is 0.0897 e. The third-order valence-corrected chi connectivity index (χ3v) is 2.85. The highest BCUT2D eigenvalue weighted by atomic mass is 16.5. The van der Waals surface area contributed by atoms with Gasteiger partial charge >= 0.3 is 0 Å². The molecule has 5 nitrogen and oxygen atoms in total. The highest BCUT2D eigenvalue weighted by molar-refractivity contribution is 4.72. The molecule has 0 aliphatic rings. The molecule has 0 aliphatic carbocycles. The number of hydrogen-bond acceptors (Lipinski definition) is 5. The lowest BCUT2D eigenvalue weighted by Crippen LogP contribution is -2.41. The molecule has 0 bridgehead atoms. The molecule has 0 aromatic heterocycles. The topological polar surface area (TPSA) is 71.0 Å².